The first-order valence-electron chi connectivity index (χ1n) is 7.62. The number of fused-ring (bicyclic) bond motifs is 3. The van der Waals surface area contributed by atoms with Crippen LogP contribution in [-0.4, -0.2) is 26.4 Å². The number of hydrogen-bond acceptors (Lipinski definition) is 5. The molecule has 3 N–H and O–H groups in total. The summed E-state index contributed by atoms with van der Waals surface area (Å²) in [4.78, 5) is 0. The van der Waals surface area contributed by atoms with E-state index in [0.29, 0.717) is 41.2 Å². The molecule has 0 fully saturated rings. The third-order valence-electron chi connectivity index (χ3n) is 4.42. The van der Waals surface area contributed by atoms with E-state index in [1.165, 1.54) is 26.4 Å². The number of nitrogens with two attached hydrogens (primary N) is 1. The van der Waals surface area contributed by atoms with Crippen molar-refractivity contribution < 1.29 is 23.7 Å². The van der Waals surface area contributed by atoms with Crippen molar-refractivity contribution in [3.63, 3.8) is 0 Å². The highest BCUT2D eigenvalue weighted by molar-refractivity contribution is 5.83. The molecule has 0 bridgehead atoms. The number of methoxy groups -OCH3 is 3. The number of rotatable bonds is 3. The molecule has 2 aromatic rings. The first-order valence-corrected chi connectivity index (χ1v) is 7.62. The summed E-state index contributed by atoms with van der Waals surface area (Å²) >= 11 is 0. The highest BCUT2D eigenvalue weighted by Crippen LogP contribution is 2.50. The van der Waals surface area contributed by atoms with E-state index in [1.54, 1.807) is 7.11 Å². The molecule has 1 aliphatic rings. The fourth-order valence-corrected chi connectivity index (χ4v) is 3.27. The second kappa shape index (κ2) is 6.20. The lowest BCUT2D eigenvalue weighted by Gasteiger charge is -2.20. The van der Waals surface area contributed by atoms with Crippen LogP contribution >= 0.6 is 0 Å². The summed E-state index contributed by atoms with van der Waals surface area (Å²) in [6, 6.07) is 4.23. The fraction of sp³-hybridized carbons (Fsp3) is 0.333. The molecule has 0 spiro atoms. The van der Waals surface area contributed by atoms with Gasteiger partial charge in [0.2, 0.25) is 5.75 Å². The van der Waals surface area contributed by atoms with Gasteiger partial charge in [-0.3, -0.25) is 0 Å². The van der Waals surface area contributed by atoms with E-state index in [2.05, 4.69) is 0 Å². The molecule has 6 heteroatoms. The first-order chi connectivity index (χ1) is 11.5. The zero-order valence-corrected chi connectivity index (χ0v) is 13.9. The van der Waals surface area contributed by atoms with Crippen molar-refractivity contribution in [2.45, 2.75) is 18.9 Å². The number of phenols is 1. The lowest BCUT2D eigenvalue weighted by molar-refractivity contribution is 0.324. The molecule has 1 atom stereocenters. The number of ether oxygens (including phenoxy) is 3. The standard InChI is InChI=1S/C18H20FNO4/c1-22-15-6-9-4-5-13(20)10-8-14(21)12(19)7-11(10)16(9)18(24-3)17(15)23-2/h6-8,13,21H,4-5,20H2,1-3H3. The molecule has 128 valence electrons. The van der Waals surface area contributed by atoms with Crippen molar-refractivity contribution in [2.24, 2.45) is 5.73 Å². The van der Waals surface area contributed by atoms with Gasteiger partial charge in [0, 0.05) is 11.6 Å². The Balaban J connectivity index is 2.40. The molecule has 1 aliphatic carbocycles. The van der Waals surface area contributed by atoms with Crippen LogP contribution in [0.4, 0.5) is 4.39 Å². The van der Waals surface area contributed by atoms with Gasteiger partial charge in [0.15, 0.2) is 23.1 Å². The second-order valence-electron chi connectivity index (χ2n) is 5.72. The Morgan fingerprint density at radius 2 is 1.79 bits per heavy atom. The van der Waals surface area contributed by atoms with Crippen molar-refractivity contribution in [1.29, 1.82) is 0 Å². The van der Waals surface area contributed by atoms with E-state index >= 15 is 0 Å². The Morgan fingerprint density at radius 1 is 1.08 bits per heavy atom. The van der Waals surface area contributed by atoms with Crippen molar-refractivity contribution in [3.8, 4) is 34.1 Å². The highest BCUT2D eigenvalue weighted by Gasteiger charge is 2.28. The predicted octanol–water partition coefficient (Wildman–Crippen LogP) is 3.17. The van der Waals surface area contributed by atoms with Crippen molar-refractivity contribution in [2.75, 3.05) is 21.3 Å². The van der Waals surface area contributed by atoms with Crippen LogP contribution in [0.15, 0.2) is 18.2 Å². The quantitative estimate of drug-likeness (QED) is 0.902. The summed E-state index contributed by atoms with van der Waals surface area (Å²) in [7, 11) is 4.60. The number of aromatic hydroxyl groups is 1. The lowest BCUT2D eigenvalue weighted by Crippen LogP contribution is -2.10. The summed E-state index contributed by atoms with van der Waals surface area (Å²) in [5.41, 5.74) is 9.17. The van der Waals surface area contributed by atoms with Gasteiger partial charge in [-0.1, -0.05) is 0 Å². The van der Waals surface area contributed by atoms with Crippen molar-refractivity contribution >= 4 is 0 Å². The molecule has 0 amide bonds. The van der Waals surface area contributed by atoms with E-state index in [-0.39, 0.29) is 6.04 Å². The van der Waals surface area contributed by atoms with Gasteiger partial charge in [0.25, 0.3) is 0 Å². The zero-order valence-electron chi connectivity index (χ0n) is 13.9. The fourth-order valence-electron chi connectivity index (χ4n) is 3.27. The van der Waals surface area contributed by atoms with Gasteiger partial charge in [0.05, 0.1) is 21.3 Å². The summed E-state index contributed by atoms with van der Waals surface area (Å²) in [5, 5.41) is 9.74. The number of aryl methyl sites for hydroxylation is 1. The molecule has 1 unspecified atom stereocenters. The van der Waals surface area contributed by atoms with Crippen LogP contribution in [0.2, 0.25) is 0 Å². The monoisotopic (exact) mass is 333 g/mol. The third-order valence-corrected chi connectivity index (χ3v) is 4.42. The molecule has 24 heavy (non-hydrogen) atoms. The molecule has 2 aromatic carbocycles. The van der Waals surface area contributed by atoms with Gasteiger partial charge in [-0.2, -0.15) is 0 Å². The smallest absolute Gasteiger partial charge is 0.203 e. The molecular formula is C18H20FNO4. The van der Waals surface area contributed by atoms with Gasteiger partial charge in [0.1, 0.15) is 0 Å². The molecule has 0 saturated carbocycles. The van der Waals surface area contributed by atoms with Gasteiger partial charge in [-0.25, -0.2) is 4.39 Å². The van der Waals surface area contributed by atoms with Crippen LogP contribution in [0.5, 0.6) is 23.0 Å². The number of benzene rings is 2. The Labute approximate surface area is 139 Å². The van der Waals surface area contributed by atoms with Gasteiger partial charge in [-0.15, -0.1) is 0 Å². The Bertz CT molecular complexity index is 791. The van der Waals surface area contributed by atoms with Gasteiger partial charge >= 0.3 is 0 Å². The van der Waals surface area contributed by atoms with E-state index in [0.717, 1.165) is 11.1 Å². The maximum atomic E-state index is 14.0. The Hall–Kier alpha value is -2.47. The molecule has 0 heterocycles. The van der Waals surface area contributed by atoms with Crippen LogP contribution in [-0.2, 0) is 6.42 Å². The normalized spacial score (nSPS) is 16.0. The van der Waals surface area contributed by atoms with Crippen molar-refractivity contribution in [3.05, 3.63) is 35.1 Å². The average Bonchev–Trinajstić information content (AvgIpc) is 2.71. The second-order valence-corrected chi connectivity index (χ2v) is 5.72. The largest absolute Gasteiger partial charge is 0.505 e. The highest BCUT2D eigenvalue weighted by atomic mass is 19.1. The van der Waals surface area contributed by atoms with Crippen molar-refractivity contribution in [1.82, 2.24) is 0 Å². The summed E-state index contributed by atoms with van der Waals surface area (Å²) in [5.74, 6) is 0.336. The summed E-state index contributed by atoms with van der Waals surface area (Å²) < 4.78 is 30.4. The molecule has 0 aromatic heterocycles. The van der Waals surface area contributed by atoms with Crippen LogP contribution in [0.1, 0.15) is 23.6 Å². The van der Waals surface area contributed by atoms with Crippen LogP contribution in [0.25, 0.3) is 11.1 Å². The number of hydrogen-bond donors (Lipinski definition) is 2. The minimum atomic E-state index is -0.703. The molecule has 5 nitrogen and oxygen atoms in total. The minimum absolute atomic E-state index is 0.319. The van der Waals surface area contributed by atoms with Crippen LogP contribution in [0, 0.1) is 5.82 Å². The van der Waals surface area contributed by atoms with Gasteiger partial charge < -0.3 is 25.1 Å². The van der Waals surface area contributed by atoms with Crippen LogP contribution in [0.3, 0.4) is 0 Å². The minimum Gasteiger partial charge on any atom is -0.505 e. The number of phenolic OH excluding ortho intramolecular Hbond substituents is 1. The average molecular weight is 333 g/mol. The Morgan fingerprint density at radius 3 is 2.42 bits per heavy atom. The first kappa shape index (κ1) is 16.4. The van der Waals surface area contributed by atoms with E-state index < -0.39 is 11.6 Å². The maximum absolute atomic E-state index is 14.0. The third kappa shape index (κ3) is 2.43. The Kier molecular flexibility index (Phi) is 4.24. The molecule has 3 rings (SSSR count). The zero-order chi connectivity index (χ0) is 17.4. The van der Waals surface area contributed by atoms with Gasteiger partial charge in [-0.05, 0) is 47.7 Å². The molecule has 0 saturated heterocycles. The molecule has 0 radical (unpaired) electrons. The maximum Gasteiger partial charge on any atom is 0.203 e. The van der Waals surface area contributed by atoms with E-state index in [4.69, 9.17) is 19.9 Å². The molecule has 0 aliphatic heterocycles. The topological polar surface area (TPSA) is 73.9 Å². The van der Waals surface area contributed by atoms with E-state index in [1.807, 2.05) is 6.07 Å². The predicted molar refractivity (Wildman–Crippen MR) is 88.4 cm³/mol. The number of halogens is 1. The van der Waals surface area contributed by atoms with E-state index in [9.17, 15) is 9.50 Å². The summed E-state index contributed by atoms with van der Waals surface area (Å²) in [6.07, 6.45) is 1.33. The summed E-state index contributed by atoms with van der Waals surface area (Å²) in [6.45, 7) is 0. The SMILES string of the molecule is COc1cc2c(c(OC)c1OC)-c1cc(F)c(O)cc1C(N)CC2. The molecular weight excluding hydrogens is 313 g/mol. The van der Waals surface area contributed by atoms with Crippen LogP contribution < -0.4 is 19.9 Å². The lowest BCUT2D eigenvalue weighted by atomic mass is 9.93.